The van der Waals surface area contributed by atoms with Gasteiger partial charge in [0.1, 0.15) is 6.04 Å². The summed E-state index contributed by atoms with van der Waals surface area (Å²) in [7, 11) is 0. The van der Waals surface area contributed by atoms with E-state index in [-0.39, 0.29) is 6.03 Å². The first-order valence-electron chi connectivity index (χ1n) is 6.08. The Kier molecular flexibility index (Phi) is 3.40. The molecule has 0 saturated carbocycles. The number of hydrogen-bond donors (Lipinski definition) is 1. The molecule has 5 nitrogen and oxygen atoms in total. The zero-order valence-electron chi connectivity index (χ0n) is 10.2. The number of aliphatic carboxylic acids is 1. The molecule has 1 aromatic heterocycles. The fraction of sp³-hybridized carbons (Fsp3) is 0.500. The van der Waals surface area contributed by atoms with Crippen molar-refractivity contribution >= 4 is 35.1 Å². The topological polar surface area (TPSA) is 60.9 Å². The SMILES string of the molecule is O=C(O)C1CSCN1C(=O)N1CCc2sccc2C1. The number of carboxylic acids is 1. The molecule has 0 bridgehead atoms. The summed E-state index contributed by atoms with van der Waals surface area (Å²) in [5.74, 6) is 0.0492. The van der Waals surface area contributed by atoms with Crippen molar-refractivity contribution in [3.63, 3.8) is 0 Å². The number of fused-ring (bicyclic) bond motifs is 1. The van der Waals surface area contributed by atoms with E-state index in [1.807, 2.05) is 11.4 Å². The first-order chi connectivity index (χ1) is 9.16. The fourth-order valence-electron chi connectivity index (χ4n) is 2.43. The summed E-state index contributed by atoms with van der Waals surface area (Å²) in [5, 5.41) is 11.2. The van der Waals surface area contributed by atoms with Crippen LogP contribution in [-0.2, 0) is 17.8 Å². The van der Waals surface area contributed by atoms with Gasteiger partial charge in [-0.2, -0.15) is 0 Å². The normalized spacial score (nSPS) is 22.4. The second-order valence-corrected chi connectivity index (χ2v) is 6.65. The molecule has 1 fully saturated rings. The van der Waals surface area contributed by atoms with Crippen LogP contribution in [0.1, 0.15) is 10.4 Å². The molecule has 1 N–H and O–H groups in total. The number of carbonyl (C=O) groups is 2. The average molecular weight is 298 g/mol. The Balaban J connectivity index is 1.73. The average Bonchev–Trinajstić information content (AvgIpc) is 3.05. The highest BCUT2D eigenvalue weighted by Crippen LogP contribution is 2.27. The highest BCUT2D eigenvalue weighted by Gasteiger charge is 2.37. The Bertz CT molecular complexity index is 517. The van der Waals surface area contributed by atoms with Crippen LogP contribution >= 0.6 is 23.1 Å². The summed E-state index contributed by atoms with van der Waals surface area (Å²) in [6.45, 7) is 1.28. The largest absolute Gasteiger partial charge is 0.480 e. The lowest BCUT2D eigenvalue weighted by atomic mass is 10.1. The predicted molar refractivity (Wildman–Crippen MR) is 74.4 cm³/mol. The molecule has 7 heteroatoms. The zero-order chi connectivity index (χ0) is 13.4. The Morgan fingerprint density at radius 3 is 3.05 bits per heavy atom. The third-order valence-corrected chi connectivity index (χ3v) is 5.53. The molecule has 0 aliphatic carbocycles. The summed E-state index contributed by atoms with van der Waals surface area (Å²) < 4.78 is 0. The van der Waals surface area contributed by atoms with Crippen LogP contribution in [0, 0.1) is 0 Å². The molecule has 102 valence electrons. The smallest absolute Gasteiger partial charge is 0.327 e. The van der Waals surface area contributed by atoms with E-state index in [0.29, 0.717) is 24.7 Å². The van der Waals surface area contributed by atoms with Crippen LogP contribution in [0.5, 0.6) is 0 Å². The number of carboxylic acid groups (broad SMARTS) is 1. The number of amides is 2. The van der Waals surface area contributed by atoms with E-state index >= 15 is 0 Å². The molecule has 3 rings (SSSR count). The number of nitrogens with zero attached hydrogens (tertiary/aromatic N) is 2. The van der Waals surface area contributed by atoms with Gasteiger partial charge in [0.25, 0.3) is 0 Å². The van der Waals surface area contributed by atoms with E-state index < -0.39 is 12.0 Å². The Morgan fingerprint density at radius 2 is 2.26 bits per heavy atom. The minimum absolute atomic E-state index is 0.144. The second-order valence-electron chi connectivity index (χ2n) is 4.65. The molecule has 0 spiro atoms. The number of hydrogen-bond acceptors (Lipinski definition) is 4. The number of rotatable bonds is 1. The van der Waals surface area contributed by atoms with Crippen LogP contribution in [0.25, 0.3) is 0 Å². The molecule has 1 aromatic rings. The van der Waals surface area contributed by atoms with Crippen molar-refractivity contribution in [2.75, 3.05) is 18.2 Å². The minimum Gasteiger partial charge on any atom is -0.480 e. The van der Waals surface area contributed by atoms with Gasteiger partial charge in [-0.3, -0.25) is 0 Å². The Morgan fingerprint density at radius 1 is 1.42 bits per heavy atom. The van der Waals surface area contributed by atoms with Gasteiger partial charge < -0.3 is 14.9 Å². The third kappa shape index (κ3) is 2.32. The molecular formula is C12H14N2O3S2. The van der Waals surface area contributed by atoms with Crippen LogP contribution in [0.15, 0.2) is 11.4 Å². The van der Waals surface area contributed by atoms with E-state index in [2.05, 4.69) is 0 Å². The first kappa shape index (κ1) is 12.8. The van der Waals surface area contributed by atoms with Crippen LogP contribution in [-0.4, -0.2) is 51.1 Å². The van der Waals surface area contributed by atoms with Crippen LogP contribution in [0.4, 0.5) is 4.79 Å². The lowest BCUT2D eigenvalue weighted by Gasteiger charge is -2.32. The highest BCUT2D eigenvalue weighted by molar-refractivity contribution is 7.99. The molecule has 0 radical (unpaired) electrons. The number of carbonyl (C=O) groups excluding carboxylic acids is 1. The lowest BCUT2D eigenvalue weighted by molar-refractivity contribution is -0.140. The van der Waals surface area contributed by atoms with Gasteiger partial charge in [0, 0.05) is 23.7 Å². The maximum atomic E-state index is 12.4. The highest BCUT2D eigenvalue weighted by atomic mass is 32.2. The molecule has 1 unspecified atom stereocenters. The van der Waals surface area contributed by atoms with Gasteiger partial charge >= 0.3 is 12.0 Å². The van der Waals surface area contributed by atoms with Gasteiger partial charge in [-0.15, -0.1) is 23.1 Å². The van der Waals surface area contributed by atoms with Crippen LogP contribution < -0.4 is 0 Å². The predicted octanol–water partition coefficient (Wildman–Crippen LogP) is 1.69. The Labute approximate surface area is 119 Å². The molecular weight excluding hydrogens is 284 g/mol. The number of thioether (sulfide) groups is 1. The summed E-state index contributed by atoms with van der Waals surface area (Å²) in [6, 6.07) is 1.22. The molecule has 2 aliphatic rings. The van der Waals surface area contributed by atoms with E-state index in [4.69, 9.17) is 5.11 Å². The van der Waals surface area contributed by atoms with Crippen molar-refractivity contribution in [1.29, 1.82) is 0 Å². The van der Waals surface area contributed by atoms with Gasteiger partial charge in [-0.25, -0.2) is 9.59 Å². The van der Waals surface area contributed by atoms with E-state index in [1.165, 1.54) is 27.1 Å². The second kappa shape index (κ2) is 5.05. The van der Waals surface area contributed by atoms with Crippen molar-refractivity contribution in [2.45, 2.75) is 19.0 Å². The molecule has 2 aliphatic heterocycles. The maximum Gasteiger partial charge on any atom is 0.327 e. The van der Waals surface area contributed by atoms with Crippen LogP contribution in [0.2, 0.25) is 0 Å². The zero-order valence-corrected chi connectivity index (χ0v) is 11.9. The standard InChI is InChI=1S/C12H14N2O3S2/c15-11(16)9-6-18-7-14(9)12(17)13-3-1-10-8(5-13)2-4-19-10/h2,4,9H,1,3,5-7H2,(H,15,16). The fourth-order valence-corrected chi connectivity index (χ4v) is 4.46. The van der Waals surface area contributed by atoms with Crippen molar-refractivity contribution in [3.05, 3.63) is 21.9 Å². The van der Waals surface area contributed by atoms with Crippen molar-refractivity contribution in [3.8, 4) is 0 Å². The summed E-state index contributed by atoms with van der Waals surface area (Å²) in [5.41, 5.74) is 1.20. The van der Waals surface area contributed by atoms with Crippen molar-refractivity contribution in [1.82, 2.24) is 9.80 Å². The molecule has 3 heterocycles. The molecule has 2 amide bonds. The Hall–Kier alpha value is -1.21. The van der Waals surface area contributed by atoms with Gasteiger partial charge in [-0.1, -0.05) is 0 Å². The lowest BCUT2D eigenvalue weighted by Crippen LogP contribution is -2.49. The van der Waals surface area contributed by atoms with Gasteiger partial charge in [0.05, 0.1) is 5.88 Å². The van der Waals surface area contributed by atoms with Crippen molar-refractivity contribution < 1.29 is 14.7 Å². The number of thiophene rings is 1. The third-order valence-electron chi connectivity index (χ3n) is 3.49. The molecule has 1 saturated heterocycles. The van der Waals surface area contributed by atoms with E-state index in [0.717, 1.165) is 6.42 Å². The molecule has 0 aromatic carbocycles. The van der Waals surface area contributed by atoms with Gasteiger partial charge in [0.2, 0.25) is 0 Å². The minimum atomic E-state index is -0.911. The summed E-state index contributed by atoms with van der Waals surface area (Å²) in [6.07, 6.45) is 0.872. The first-order valence-corrected chi connectivity index (χ1v) is 8.11. The summed E-state index contributed by atoms with van der Waals surface area (Å²) >= 11 is 3.22. The summed E-state index contributed by atoms with van der Waals surface area (Å²) in [4.78, 5) is 28.1. The molecule has 19 heavy (non-hydrogen) atoms. The van der Waals surface area contributed by atoms with E-state index in [9.17, 15) is 9.59 Å². The van der Waals surface area contributed by atoms with Crippen molar-refractivity contribution in [2.24, 2.45) is 0 Å². The number of urea groups is 1. The maximum absolute atomic E-state index is 12.4. The van der Waals surface area contributed by atoms with E-state index in [1.54, 1.807) is 16.2 Å². The molecule has 1 atom stereocenters. The van der Waals surface area contributed by atoms with Crippen LogP contribution in [0.3, 0.4) is 0 Å². The quantitative estimate of drug-likeness (QED) is 0.857. The monoisotopic (exact) mass is 298 g/mol. The van der Waals surface area contributed by atoms with Gasteiger partial charge in [-0.05, 0) is 23.4 Å². The van der Waals surface area contributed by atoms with Gasteiger partial charge in [0.15, 0.2) is 0 Å².